The Labute approximate surface area is 186 Å². The van der Waals surface area contributed by atoms with Crippen molar-refractivity contribution in [1.82, 2.24) is 19.4 Å². The second-order valence-corrected chi connectivity index (χ2v) is 7.55. The molecule has 0 spiro atoms. The van der Waals surface area contributed by atoms with Crippen LogP contribution >= 0.6 is 0 Å². The average Bonchev–Trinajstić information content (AvgIpc) is 3.23. The van der Waals surface area contributed by atoms with E-state index < -0.39 is 0 Å². The van der Waals surface area contributed by atoms with Gasteiger partial charge in [-0.1, -0.05) is 12.1 Å². The molecule has 32 heavy (non-hydrogen) atoms. The molecule has 2 aromatic heterocycles. The first-order valence-electron chi connectivity index (χ1n) is 10.4. The van der Waals surface area contributed by atoms with E-state index in [0.717, 1.165) is 17.1 Å². The molecule has 0 bridgehead atoms. The van der Waals surface area contributed by atoms with Gasteiger partial charge in [-0.05, 0) is 30.7 Å². The van der Waals surface area contributed by atoms with Gasteiger partial charge in [-0.25, -0.2) is 9.97 Å². The maximum atomic E-state index is 13.2. The zero-order valence-corrected chi connectivity index (χ0v) is 18.4. The van der Waals surface area contributed by atoms with Gasteiger partial charge in [0.15, 0.2) is 5.82 Å². The van der Waals surface area contributed by atoms with E-state index in [9.17, 15) is 9.59 Å². The minimum atomic E-state index is -0.159. The van der Waals surface area contributed by atoms with Crippen LogP contribution in [-0.2, 0) is 24.9 Å². The molecule has 0 unspecified atom stereocenters. The highest BCUT2D eigenvalue weighted by Gasteiger charge is 2.27. The van der Waals surface area contributed by atoms with Gasteiger partial charge >= 0.3 is 0 Å². The van der Waals surface area contributed by atoms with E-state index in [-0.39, 0.29) is 18.4 Å². The van der Waals surface area contributed by atoms with E-state index in [2.05, 4.69) is 15.3 Å². The summed E-state index contributed by atoms with van der Waals surface area (Å²) in [5.74, 6) is 1.89. The molecule has 0 atom stereocenters. The van der Waals surface area contributed by atoms with Gasteiger partial charge in [0.05, 0.1) is 38.0 Å². The van der Waals surface area contributed by atoms with Crippen LogP contribution in [-0.4, -0.2) is 51.4 Å². The van der Waals surface area contributed by atoms with Crippen LogP contribution in [0.4, 0.5) is 11.5 Å². The highest BCUT2D eigenvalue weighted by atomic mass is 16.5. The summed E-state index contributed by atoms with van der Waals surface area (Å²) in [5.41, 5.74) is 1.97. The second-order valence-electron chi connectivity index (χ2n) is 7.55. The number of carbonyl (C=O) groups excluding carboxylic acids is 2. The maximum Gasteiger partial charge on any atom is 0.255 e. The number of aromatic nitrogens is 3. The average molecular weight is 435 g/mol. The Balaban J connectivity index is 1.60. The third kappa shape index (κ3) is 4.27. The molecule has 0 saturated carbocycles. The standard InChI is InChI=1S/C23H26N6O3/c1-4-28(15-20-24-9-10-27(20)2)23(31)17-11-19-22(25-12-17)26-13-21(30)29(19)14-16-5-7-18(32-3)8-6-16/h5-12H,4,13-15H2,1-3H3,(H,25,26). The smallest absolute Gasteiger partial charge is 0.255 e. The topological polar surface area (TPSA) is 92.6 Å². The lowest BCUT2D eigenvalue weighted by Crippen LogP contribution is -2.40. The fourth-order valence-electron chi connectivity index (χ4n) is 3.62. The summed E-state index contributed by atoms with van der Waals surface area (Å²) in [7, 11) is 3.51. The lowest BCUT2D eigenvalue weighted by Gasteiger charge is -2.30. The molecular formula is C23H26N6O3. The number of amides is 2. The molecule has 0 fully saturated rings. The van der Waals surface area contributed by atoms with Crippen LogP contribution in [0.1, 0.15) is 28.7 Å². The number of aryl methyl sites for hydroxylation is 1. The zero-order valence-electron chi connectivity index (χ0n) is 18.4. The van der Waals surface area contributed by atoms with Gasteiger partial charge in [0, 0.05) is 32.2 Å². The van der Waals surface area contributed by atoms with Crippen LogP contribution in [0.25, 0.3) is 0 Å². The number of nitrogens with one attached hydrogen (secondary N) is 1. The molecule has 1 aliphatic rings. The summed E-state index contributed by atoms with van der Waals surface area (Å²) in [6.45, 7) is 3.37. The van der Waals surface area contributed by atoms with Gasteiger partial charge < -0.3 is 24.4 Å². The van der Waals surface area contributed by atoms with E-state index in [0.29, 0.717) is 36.7 Å². The number of pyridine rings is 1. The van der Waals surface area contributed by atoms with Crippen molar-refractivity contribution in [2.24, 2.45) is 7.05 Å². The summed E-state index contributed by atoms with van der Waals surface area (Å²) >= 11 is 0. The van der Waals surface area contributed by atoms with E-state index in [1.54, 1.807) is 35.4 Å². The number of ether oxygens (including phenoxy) is 1. The molecule has 2 amide bonds. The maximum absolute atomic E-state index is 13.2. The first kappa shape index (κ1) is 21.4. The van der Waals surface area contributed by atoms with E-state index in [4.69, 9.17) is 4.74 Å². The molecule has 4 rings (SSSR count). The SMILES string of the molecule is CCN(Cc1nccn1C)C(=O)c1cnc2c(c1)N(Cc1ccc(OC)cc1)C(=O)CN2. The number of anilines is 2. The predicted octanol–water partition coefficient (Wildman–Crippen LogP) is 2.44. The third-order valence-corrected chi connectivity index (χ3v) is 5.54. The molecule has 0 aliphatic carbocycles. The number of methoxy groups -OCH3 is 1. The first-order chi connectivity index (χ1) is 15.5. The van der Waals surface area contributed by atoms with Crippen molar-refractivity contribution in [3.05, 3.63) is 65.9 Å². The van der Waals surface area contributed by atoms with E-state index >= 15 is 0 Å². The van der Waals surface area contributed by atoms with Crippen LogP contribution in [0, 0.1) is 0 Å². The summed E-state index contributed by atoms with van der Waals surface area (Å²) in [6.07, 6.45) is 5.11. The highest BCUT2D eigenvalue weighted by molar-refractivity contribution is 6.04. The van der Waals surface area contributed by atoms with Crippen molar-refractivity contribution in [3.63, 3.8) is 0 Å². The molecule has 1 aromatic carbocycles. The summed E-state index contributed by atoms with van der Waals surface area (Å²) in [6, 6.07) is 9.29. The zero-order chi connectivity index (χ0) is 22.7. The van der Waals surface area contributed by atoms with Crippen LogP contribution in [0.5, 0.6) is 5.75 Å². The number of rotatable bonds is 7. The monoisotopic (exact) mass is 434 g/mol. The van der Waals surface area contributed by atoms with Crippen molar-refractivity contribution in [2.75, 3.05) is 30.4 Å². The number of fused-ring (bicyclic) bond motifs is 1. The minimum absolute atomic E-state index is 0.0833. The molecule has 3 heterocycles. The van der Waals surface area contributed by atoms with Gasteiger partial charge in [0.1, 0.15) is 11.6 Å². The Bertz CT molecular complexity index is 1130. The molecule has 9 heteroatoms. The van der Waals surface area contributed by atoms with Crippen molar-refractivity contribution >= 4 is 23.3 Å². The number of nitrogens with zero attached hydrogens (tertiary/aromatic N) is 5. The molecular weight excluding hydrogens is 408 g/mol. The first-order valence-corrected chi connectivity index (χ1v) is 10.4. The Morgan fingerprint density at radius 2 is 2.03 bits per heavy atom. The number of hydrogen-bond acceptors (Lipinski definition) is 6. The van der Waals surface area contributed by atoms with Crippen molar-refractivity contribution in [2.45, 2.75) is 20.0 Å². The van der Waals surface area contributed by atoms with Crippen LogP contribution in [0.15, 0.2) is 48.9 Å². The molecule has 3 aromatic rings. The van der Waals surface area contributed by atoms with Crippen molar-refractivity contribution in [1.29, 1.82) is 0 Å². The molecule has 1 N–H and O–H groups in total. The Morgan fingerprint density at radius 1 is 1.25 bits per heavy atom. The predicted molar refractivity (Wildman–Crippen MR) is 121 cm³/mol. The number of carbonyl (C=O) groups is 2. The Morgan fingerprint density at radius 3 is 2.69 bits per heavy atom. The van der Waals surface area contributed by atoms with Gasteiger partial charge in [-0.3, -0.25) is 9.59 Å². The van der Waals surface area contributed by atoms with Gasteiger partial charge in [0.2, 0.25) is 5.91 Å². The minimum Gasteiger partial charge on any atom is -0.497 e. The van der Waals surface area contributed by atoms with E-state index in [1.165, 1.54) is 0 Å². The quantitative estimate of drug-likeness (QED) is 0.614. The molecule has 0 radical (unpaired) electrons. The molecule has 0 saturated heterocycles. The normalized spacial score (nSPS) is 12.8. The molecule has 166 valence electrons. The molecule has 1 aliphatic heterocycles. The number of hydrogen-bond donors (Lipinski definition) is 1. The van der Waals surface area contributed by atoms with E-state index in [1.807, 2.05) is 49.0 Å². The van der Waals surface area contributed by atoms with Crippen molar-refractivity contribution < 1.29 is 14.3 Å². The summed E-state index contributed by atoms with van der Waals surface area (Å²) in [5, 5.41) is 3.04. The van der Waals surface area contributed by atoms with Crippen LogP contribution in [0.3, 0.4) is 0 Å². The fraction of sp³-hybridized carbons (Fsp3) is 0.304. The largest absolute Gasteiger partial charge is 0.497 e. The van der Waals surface area contributed by atoms with Crippen LogP contribution in [0.2, 0.25) is 0 Å². The van der Waals surface area contributed by atoms with Gasteiger partial charge in [-0.2, -0.15) is 0 Å². The summed E-state index contributed by atoms with van der Waals surface area (Å²) < 4.78 is 7.10. The number of benzene rings is 1. The lowest BCUT2D eigenvalue weighted by atomic mass is 10.1. The van der Waals surface area contributed by atoms with Gasteiger partial charge in [0.25, 0.3) is 5.91 Å². The van der Waals surface area contributed by atoms with Gasteiger partial charge in [-0.15, -0.1) is 0 Å². The summed E-state index contributed by atoms with van der Waals surface area (Å²) in [4.78, 5) is 38.0. The van der Waals surface area contributed by atoms with Crippen LogP contribution < -0.4 is 15.0 Å². The Kier molecular flexibility index (Phi) is 6.07. The van der Waals surface area contributed by atoms with Crippen molar-refractivity contribution in [3.8, 4) is 5.75 Å². The fourth-order valence-corrected chi connectivity index (χ4v) is 3.62. The Hall–Kier alpha value is -3.88. The highest BCUT2D eigenvalue weighted by Crippen LogP contribution is 2.30. The second kappa shape index (κ2) is 9.09. The molecule has 9 nitrogen and oxygen atoms in total. The number of imidazole rings is 1. The lowest BCUT2D eigenvalue weighted by molar-refractivity contribution is -0.117. The third-order valence-electron chi connectivity index (χ3n) is 5.54.